The maximum atomic E-state index is 14.9. The van der Waals surface area contributed by atoms with Crippen molar-refractivity contribution in [3.63, 3.8) is 0 Å². The van der Waals surface area contributed by atoms with E-state index >= 15 is 0 Å². The van der Waals surface area contributed by atoms with Crippen LogP contribution in [-0.2, 0) is 0 Å². The summed E-state index contributed by atoms with van der Waals surface area (Å²) in [5.41, 5.74) is 0.319. The molecule has 1 aromatic carbocycles. The molecule has 1 aromatic heterocycles. The molecule has 0 saturated carbocycles. The van der Waals surface area contributed by atoms with Crippen LogP contribution in [0.1, 0.15) is 25.7 Å². The standard InChI is InChI=1S/C20H25BrFN5O/c1-26-8-2-3-14(26)11-28-20-24-18-15(6-7-16(21)17(18)22)19(25-20)27-9-12-4-5-13(10-27)23-12/h6-7,12-14,23H,2-5,8-11H2,1H3/t12?,13?,14-/m0/s1. The molecule has 6 nitrogen and oxygen atoms in total. The third-order valence-corrected chi connectivity index (χ3v) is 6.92. The van der Waals surface area contributed by atoms with Crippen LogP contribution in [0.15, 0.2) is 16.6 Å². The van der Waals surface area contributed by atoms with Gasteiger partial charge in [0.1, 0.15) is 17.9 Å². The van der Waals surface area contributed by atoms with E-state index in [1.807, 2.05) is 6.07 Å². The zero-order valence-electron chi connectivity index (χ0n) is 16.0. The van der Waals surface area contributed by atoms with Crippen LogP contribution in [0.5, 0.6) is 6.01 Å². The lowest BCUT2D eigenvalue weighted by molar-refractivity contribution is 0.188. The highest BCUT2D eigenvalue weighted by Gasteiger charge is 2.34. The molecule has 2 unspecified atom stereocenters. The second-order valence-electron chi connectivity index (χ2n) is 8.22. The van der Waals surface area contributed by atoms with Gasteiger partial charge in [0.15, 0.2) is 5.82 Å². The van der Waals surface area contributed by atoms with E-state index in [1.54, 1.807) is 6.07 Å². The lowest BCUT2D eigenvalue weighted by atomic mass is 10.2. The summed E-state index contributed by atoms with van der Waals surface area (Å²) in [4.78, 5) is 13.7. The first-order valence-electron chi connectivity index (χ1n) is 10.1. The second-order valence-corrected chi connectivity index (χ2v) is 9.07. The normalized spacial score (nSPS) is 27.7. The van der Waals surface area contributed by atoms with Crippen LogP contribution in [0.3, 0.4) is 0 Å². The third kappa shape index (κ3) is 3.35. The maximum Gasteiger partial charge on any atom is 0.319 e. The third-order valence-electron chi connectivity index (χ3n) is 6.31. The van der Waals surface area contributed by atoms with Gasteiger partial charge < -0.3 is 19.9 Å². The Labute approximate surface area is 172 Å². The van der Waals surface area contributed by atoms with Gasteiger partial charge in [0.25, 0.3) is 0 Å². The van der Waals surface area contributed by atoms with E-state index < -0.39 is 0 Å². The van der Waals surface area contributed by atoms with Gasteiger partial charge in [-0.2, -0.15) is 9.97 Å². The molecule has 1 N–H and O–H groups in total. The van der Waals surface area contributed by atoms with Crippen LogP contribution in [0.2, 0.25) is 0 Å². The van der Waals surface area contributed by atoms with Gasteiger partial charge in [0.2, 0.25) is 0 Å². The molecule has 2 aromatic rings. The molecule has 0 aliphatic carbocycles. The van der Waals surface area contributed by atoms with E-state index in [9.17, 15) is 4.39 Å². The quantitative estimate of drug-likeness (QED) is 0.774. The molecule has 8 heteroatoms. The summed E-state index contributed by atoms with van der Waals surface area (Å²) in [7, 11) is 2.11. The van der Waals surface area contributed by atoms with Crippen LogP contribution in [-0.4, -0.2) is 66.3 Å². The number of anilines is 1. The fourth-order valence-electron chi connectivity index (χ4n) is 4.74. The molecular weight excluding hydrogens is 425 g/mol. The SMILES string of the molecule is CN1CCC[C@H]1COc1nc(N2CC3CCC(C2)N3)c2ccc(Br)c(F)c2n1. The van der Waals surface area contributed by atoms with E-state index in [-0.39, 0.29) is 11.8 Å². The molecule has 2 bridgehead atoms. The molecule has 3 fully saturated rings. The van der Waals surface area contributed by atoms with Crippen molar-refractivity contribution < 1.29 is 9.13 Å². The number of piperazine rings is 1. The average Bonchev–Trinajstić information content (AvgIpc) is 3.26. The number of fused-ring (bicyclic) bond motifs is 3. The molecule has 3 saturated heterocycles. The molecule has 28 heavy (non-hydrogen) atoms. The summed E-state index contributed by atoms with van der Waals surface area (Å²) in [6.07, 6.45) is 4.65. The lowest BCUT2D eigenvalue weighted by Gasteiger charge is -2.34. The monoisotopic (exact) mass is 449 g/mol. The number of aromatic nitrogens is 2. The number of likely N-dealkylation sites (N-methyl/N-ethyl adjacent to an activating group) is 1. The molecule has 150 valence electrons. The number of rotatable bonds is 4. The number of halogens is 2. The first-order chi connectivity index (χ1) is 13.6. The van der Waals surface area contributed by atoms with E-state index in [0.717, 1.165) is 37.3 Å². The number of hydrogen-bond donors (Lipinski definition) is 1. The first kappa shape index (κ1) is 18.5. The van der Waals surface area contributed by atoms with Crippen LogP contribution in [0.25, 0.3) is 10.9 Å². The molecule has 0 spiro atoms. The Morgan fingerprint density at radius 1 is 1.21 bits per heavy atom. The molecule has 3 aliphatic rings. The van der Waals surface area contributed by atoms with E-state index in [2.05, 4.69) is 43.1 Å². The summed E-state index contributed by atoms with van der Waals surface area (Å²) < 4.78 is 21.2. The lowest BCUT2D eigenvalue weighted by Crippen LogP contribution is -2.51. The van der Waals surface area contributed by atoms with Crippen molar-refractivity contribution in [1.29, 1.82) is 0 Å². The van der Waals surface area contributed by atoms with Crippen molar-refractivity contribution in [3.8, 4) is 6.01 Å². The summed E-state index contributed by atoms with van der Waals surface area (Å²) in [5, 5.41) is 4.38. The Morgan fingerprint density at radius 3 is 2.71 bits per heavy atom. The number of ether oxygens (including phenoxy) is 1. The van der Waals surface area contributed by atoms with Gasteiger partial charge >= 0.3 is 6.01 Å². The van der Waals surface area contributed by atoms with Crippen molar-refractivity contribution >= 4 is 32.7 Å². The van der Waals surface area contributed by atoms with Crippen LogP contribution < -0.4 is 15.0 Å². The number of hydrogen-bond acceptors (Lipinski definition) is 6. The molecule has 0 amide bonds. The number of benzene rings is 1. The van der Waals surface area contributed by atoms with E-state index in [4.69, 9.17) is 9.72 Å². The largest absolute Gasteiger partial charge is 0.462 e. The maximum absolute atomic E-state index is 14.9. The Hall–Kier alpha value is -1.51. The zero-order chi connectivity index (χ0) is 19.3. The van der Waals surface area contributed by atoms with Crippen LogP contribution >= 0.6 is 15.9 Å². The van der Waals surface area contributed by atoms with Crippen molar-refractivity contribution in [3.05, 3.63) is 22.4 Å². The second kappa shape index (κ2) is 7.39. The predicted molar refractivity (Wildman–Crippen MR) is 111 cm³/mol. The molecule has 3 atom stereocenters. The van der Waals surface area contributed by atoms with Gasteiger partial charge in [0.05, 0.1) is 4.47 Å². The van der Waals surface area contributed by atoms with Gasteiger partial charge in [0, 0.05) is 36.6 Å². The number of nitrogens with zero attached hydrogens (tertiary/aromatic N) is 4. The highest BCUT2D eigenvalue weighted by Crippen LogP contribution is 2.33. The number of likely N-dealkylation sites (tertiary alicyclic amines) is 1. The summed E-state index contributed by atoms with van der Waals surface area (Å²) in [6.45, 7) is 3.38. The average molecular weight is 450 g/mol. The summed E-state index contributed by atoms with van der Waals surface area (Å²) in [5.74, 6) is 0.423. The first-order valence-corrected chi connectivity index (χ1v) is 10.9. The Morgan fingerprint density at radius 2 is 2.00 bits per heavy atom. The van der Waals surface area contributed by atoms with Crippen LogP contribution in [0.4, 0.5) is 10.2 Å². The van der Waals surface area contributed by atoms with E-state index in [0.29, 0.717) is 34.7 Å². The van der Waals surface area contributed by atoms with Gasteiger partial charge in [-0.1, -0.05) is 0 Å². The van der Waals surface area contributed by atoms with Gasteiger partial charge in [-0.3, -0.25) is 0 Å². The molecule has 4 heterocycles. The van der Waals surface area contributed by atoms with E-state index in [1.165, 1.54) is 19.3 Å². The van der Waals surface area contributed by atoms with Gasteiger partial charge in [-0.05, 0) is 67.3 Å². The fourth-order valence-corrected chi connectivity index (χ4v) is 5.06. The summed E-state index contributed by atoms with van der Waals surface area (Å²) in [6, 6.07) is 5.21. The smallest absolute Gasteiger partial charge is 0.319 e. The highest BCUT2D eigenvalue weighted by molar-refractivity contribution is 9.10. The van der Waals surface area contributed by atoms with Crippen molar-refractivity contribution in [2.75, 3.05) is 38.2 Å². The minimum absolute atomic E-state index is 0.269. The molecular formula is C20H25BrFN5O. The highest BCUT2D eigenvalue weighted by atomic mass is 79.9. The van der Waals surface area contributed by atoms with Gasteiger partial charge in [-0.25, -0.2) is 4.39 Å². The van der Waals surface area contributed by atoms with Crippen molar-refractivity contribution in [1.82, 2.24) is 20.2 Å². The predicted octanol–water partition coefficient (Wildman–Crippen LogP) is 2.95. The fraction of sp³-hybridized carbons (Fsp3) is 0.600. The van der Waals surface area contributed by atoms with Crippen LogP contribution in [0, 0.1) is 5.82 Å². The Bertz CT molecular complexity index is 885. The van der Waals surface area contributed by atoms with Crippen molar-refractivity contribution in [2.24, 2.45) is 0 Å². The summed E-state index contributed by atoms with van der Waals surface area (Å²) >= 11 is 3.28. The topological polar surface area (TPSA) is 53.5 Å². The minimum atomic E-state index is -0.359. The van der Waals surface area contributed by atoms with Crippen molar-refractivity contribution in [2.45, 2.75) is 43.8 Å². The van der Waals surface area contributed by atoms with Gasteiger partial charge in [-0.15, -0.1) is 0 Å². The minimum Gasteiger partial charge on any atom is -0.462 e. The Balaban J connectivity index is 1.50. The molecule has 3 aliphatic heterocycles. The Kier molecular flexibility index (Phi) is 4.88. The molecule has 5 rings (SSSR count). The molecule has 0 radical (unpaired) electrons. The zero-order valence-corrected chi connectivity index (χ0v) is 17.6. The number of nitrogens with one attached hydrogen (secondary N) is 1.